The number of hydrazine groups is 1. The molecule has 0 saturated heterocycles. The summed E-state index contributed by atoms with van der Waals surface area (Å²) in [5.41, 5.74) is 0.380. The van der Waals surface area contributed by atoms with Crippen molar-refractivity contribution in [2.45, 2.75) is 76.3 Å². The summed E-state index contributed by atoms with van der Waals surface area (Å²) in [7, 11) is -0.212. The first-order valence-electron chi connectivity index (χ1n) is 16.8. The Labute approximate surface area is 270 Å². The molecule has 2 N–H and O–H groups in total. The molecule has 2 aliphatic carbocycles. The average Bonchev–Trinajstić information content (AvgIpc) is 3.58. The molecule has 2 fully saturated rings. The van der Waals surface area contributed by atoms with Crippen LogP contribution in [0.15, 0.2) is 56.9 Å². The molecular formula is C34H47N7O4S. The van der Waals surface area contributed by atoms with E-state index in [1.54, 1.807) is 35.8 Å². The second-order valence-electron chi connectivity index (χ2n) is 13.2. The van der Waals surface area contributed by atoms with Crippen LogP contribution in [0.3, 0.4) is 0 Å². The maximum absolute atomic E-state index is 13.8. The van der Waals surface area contributed by atoms with E-state index in [1.165, 1.54) is 8.98 Å². The molecule has 2 unspecified atom stereocenters. The van der Waals surface area contributed by atoms with E-state index in [-0.39, 0.29) is 17.2 Å². The van der Waals surface area contributed by atoms with Crippen molar-refractivity contribution in [1.82, 2.24) is 33.8 Å². The zero-order valence-corrected chi connectivity index (χ0v) is 28.2. The minimum absolute atomic E-state index is 0.223. The maximum atomic E-state index is 13.8. The summed E-state index contributed by atoms with van der Waals surface area (Å²) in [5.74, 6) is 2.63. The van der Waals surface area contributed by atoms with E-state index < -0.39 is 10.0 Å². The van der Waals surface area contributed by atoms with Crippen molar-refractivity contribution in [2.75, 3.05) is 33.7 Å². The molecule has 2 aliphatic rings. The van der Waals surface area contributed by atoms with Crippen LogP contribution in [0.25, 0.3) is 21.9 Å². The third-order valence-corrected chi connectivity index (χ3v) is 12.0. The monoisotopic (exact) mass is 649 g/mol. The van der Waals surface area contributed by atoms with Gasteiger partial charge in [-0.2, -0.15) is 0 Å². The number of imidazole rings is 1. The number of nitrogens with one attached hydrogen (secondary N) is 2. The van der Waals surface area contributed by atoms with Gasteiger partial charge in [0, 0.05) is 51.6 Å². The van der Waals surface area contributed by atoms with Crippen LogP contribution in [0.5, 0.6) is 0 Å². The Morgan fingerprint density at radius 2 is 1.63 bits per heavy atom. The van der Waals surface area contributed by atoms with Gasteiger partial charge in [0.15, 0.2) is 5.65 Å². The number of H-pyrrole nitrogens is 1. The van der Waals surface area contributed by atoms with Crippen molar-refractivity contribution in [3.05, 3.63) is 69.1 Å². The Balaban J connectivity index is 1.12. The normalized spacial score (nSPS) is 21.7. The van der Waals surface area contributed by atoms with Crippen molar-refractivity contribution >= 4 is 32.0 Å². The van der Waals surface area contributed by atoms with Gasteiger partial charge in [-0.15, -0.1) is 4.41 Å². The first-order valence-corrected chi connectivity index (χ1v) is 18.2. The summed E-state index contributed by atoms with van der Waals surface area (Å²) in [6.45, 7) is 6.64. The number of benzene rings is 2. The third kappa shape index (κ3) is 5.96. The number of aromatic nitrogens is 4. The van der Waals surface area contributed by atoms with Gasteiger partial charge in [0.2, 0.25) is 0 Å². The number of sulfonamides is 1. The number of aromatic amines is 1. The van der Waals surface area contributed by atoms with Gasteiger partial charge in [-0.05, 0) is 74.3 Å². The highest BCUT2D eigenvalue weighted by molar-refractivity contribution is 7.89. The average molecular weight is 650 g/mol. The largest absolute Gasteiger partial charge is 0.336 e. The van der Waals surface area contributed by atoms with Gasteiger partial charge in [0.05, 0.1) is 4.90 Å². The molecule has 248 valence electrons. The van der Waals surface area contributed by atoms with Gasteiger partial charge in [-0.1, -0.05) is 50.2 Å². The Morgan fingerprint density at radius 1 is 0.957 bits per heavy atom. The van der Waals surface area contributed by atoms with Crippen molar-refractivity contribution < 1.29 is 8.42 Å². The van der Waals surface area contributed by atoms with Gasteiger partial charge in [0.1, 0.15) is 11.3 Å². The Hall–Kier alpha value is -3.32. The lowest BCUT2D eigenvalue weighted by atomic mass is 9.73. The second kappa shape index (κ2) is 13.4. The topological polar surface area (TPSA) is 125 Å². The molecule has 46 heavy (non-hydrogen) atoms. The second-order valence-corrected chi connectivity index (χ2v) is 15.0. The third-order valence-electron chi connectivity index (χ3n) is 10.1. The number of hydrogen-bond acceptors (Lipinski definition) is 7. The highest BCUT2D eigenvalue weighted by Gasteiger charge is 2.43. The summed E-state index contributed by atoms with van der Waals surface area (Å²) in [5, 5.41) is 6.87. The van der Waals surface area contributed by atoms with Crippen molar-refractivity contribution in [1.29, 1.82) is 0 Å². The first-order chi connectivity index (χ1) is 22.1. The van der Waals surface area contributed by atoms with Crippen molar-refractivity contribution in [3.8, 4) is 0 Å². The van der Waals surface area contributed by atoms with Gasteiger partial charge < -0.3 is 10.3 Å². The van der Waals surface area contributed by atoms with Crippen LogP contribution in [-0.4, -0.2) is 70.7 Å². The van der Waals surface area contributed by atoms with Crippen molar-refractivity contribution in [2.24, 2.45) is 17.8 Å². The lowest BCUT2D eigenvalue weighted by Crippen LogP contribution is -2.46. The van der Waals surface area contributed by atoms with Crippen LogP contribution >= 0.6 is 0 Å². The Bertz CT molecular complexity index is 1910. The molecule has 2 aromatic carbocycles. The first kappa shape index (κ1) is 32.6. The molecule has 4 aromatic rings. The van der Waals surface area contributed by atoms with Gasteiger partial charge in [-0.25, -0.2) is 23.2 Å². The standard InChI is InChI=1S/C34H47N7O4S/c1-5-17-39-32-30(33(42)40(18-6-2)34(39)43)36-31(37-32)26-20-24-14-15-25(21-26)28(24)22-35-16-19-41(38(3)4)46(44,45)29-13-9-11-23-10-7-8-12-27(23)29/h7-13,24-26,28,35H,5-6,14-22H2,1-4H3,(H,36,37). The molecule has 6 rings (SSSR count). The number of hydrogen-bond donors (Lipinski definition) is 2. The van der Waals surface area contributed by atoms with Crippen LogP contribution in [0.4, 0.5) is 0 Å². The summed E-state index contributed by atoms with van der Waals surface area (Å²) in [6.07, 6.45) is 5.80. The van der Waals surface area contributed by atoms with Crippen LogP contribution in [-0.2, 0) is 23.1 Å². The molecule has 2 heterocycles. The van der Waals surface area contributed by atoms with Gasteiger partial charge in [0.25, 0.3) is 15.6 Å². The zero-order chi connectivity index (χ0) is 32.6. The van der Waals surface area contributed by atoms with Crippen LogP contribution in [0, 0.1) is 17.8 Å². The number of aryl methyl sites for hydroxylation is 1. The molecule has 2 bridgehead atoms. The number of fused-ring (bicyclic) bond motifs is 4. The molecule has 2 saturated carbocycles. The molecule has 0 aliphatic heterocycles. The molecular weight excluding hydrogens is 602 g/mol. The molecule has 2 atom stereocenters. The minimum Gasteiger partial charge on any atom is -0.336 e. The zero-order valence-electron chi connectivity index (χ0n) is 27.4. The molecule has 0 radical (unpaired) electrons. The van der Waals surface area contributed by atoms with E-state index in [0.29, 0.717) is 66.4 Å². The molecule has 0 spiro atoms. The molecule has 11 nitrogen and oxygen atoms in total. The SMILES string of the molecule is CCCn1c(=O)c2[nH]c(C3CC4CCC(C3)C4CNCCN(N(C)C)S(=O)(=O)c3cccc4ccccc34)nc2n(CCC)c1=O. The highest BCUT2D eigenvalue weighted by atomic mass is 32.2. The fraction of sp³-hybridized carbons (Fsp3) is 0.559. The quantitative estimate of drug-likeness (QED) is 0.165. The van der Waals surface area contributed by atoms with E-state index in [2.05, 4.69) is 10.3 Å². The van der Waals surface area contributed by atoms with Crippen molar-refractivity contribution in [3.63, 3.8) is 0 Å². The lowest BCUT2D eigenvalue weighted by Gasteiger charge is -2.35. The van der Waals surface area contributed by atoms with Gasteiger partial charge in [-0.3, -0.25) is 13.9 Å². The number of rotatable bonds is 13. The molecule has 2 aromatic heterocycles. The Kier molecular flexibility index (Phi) is 9.52. The molecule has 0 amide bonds. The van der Waals surface area contributed by atoms with Crippen LogP contribution < -0.4 is 16.6 Å². The highest BCUT2D eigenvalue weighted by Crippen LogP contribution is 2.51. The molecule has 12 heteroatoms. The summed E-state index contributed by atoms with van der Waals surface area (Å²) >= 11 is 0. The minimum atomic E-state index is -3.75. The van der Waals surface area contributed by atoms with Gasteiger partial charge >= 0.3 is 5.69 Å². The van der Waals surface area contributed by atoms with E-state index >= 15 is 0 Å². The maximum Gasteiger partial charge on any atom is 0.332 e. The fourth-order valence-electron chi connectivity index (χ4n) is 7.95. The summed E-state index contributed by atoms with van der Waals surface area (Å²) in [6, 6.07) is 13.0. The van der Waals surface area contributed by atoms with E-state index in [9.17, 15) is 18.0 Å². The van der Waals surface area contributed by atoms with E-state index in [1.807, 2.05) is 44.2 Å². The smallest absolute Gasteiger partial charge is 0.332 e. The lowest BCUT2D eigenvalue weighted by molar-refractivity contribution is 0.125. The number of nitrogens with zero attached hydrogens (tertiary/aromatic N) is 5. The summed E-state index contributed by atoms with van der Waals surface area (Å²) in [4.78, 5) is 35.0. The predicted octanol–water partition coefficient (Wildman–Crippen LogP) is 4.14. The Morgan fingerprint density at radius 3 is 2.33 bits per heavy atom. The summed E-state index contributed by atoms with van der Waals surface area (Å²) < 4.78 is 32.0. The van der Waals surface area contributed by atoms with Crippen LogP contribution in [0.2, 0.25) is 0 Å². The predicted molar refractivity (Wildman–Crippen MR) is 181 cm³/mol. The van der Waals surface area contributed by atoms with E-state index in [0.717, 1.165) is 55.2 Å². The fourth-order valence-corrected chi connectivity index (χ4v) is 9.65. The van der Waals surface area contributed by atoms with Crippen LogP contribution in [0.1, 0.15) is 64.1 Å². The van der Waals surface area contributed by atoms with E-state index in [4.69, 9.17) is 4.98 Å².